The summed E-state index contributed by atoms with van der Waals surface area (Å²) in [5, 5.41) is 8.28. The van der Waals surface area contributed by atoms with Gasteiger partial charge in [0.2, 0.25) is 5.91 Å². The van der Waals surface area contributed by atoms with Gasteiger partial charge in [0, 0.05) is 44.4 Å². The largest absolute Gasteiger partial charge is 0.497 e. The van der Waals surface area contributed by atoms with Crippen LogP contribution in [0.4, 0.5) is 0 Å². The minimum Gasteiger partial charge on any atom is -0.497 e. The Labute approximate surface area is 172 Å². The van der Waals surface area contributed by atoms with Gasteiger partial charge in [-0.1, -0.05) is 18.2 Å². The number of carbonyl (C=O) groups excluding carboxylic acids is 1. The van der Waals surface area contributed by atoms with Gasteiger partial charge in [-0.05, 0) is 49.4 Å². The fraction of sp³-hybridized carbons (Fsp3) is 0.304. The molecule has 0 bridgehead atoms. The zero-order valence-electron chi connectivity index (χ0n) is 17.3. The van der Waals surface area contributed by atoms with Gasteiger partial charge in [-0.25, -0.2) is 4.68 Å². The lowest BCUT2D eigenvalue weighted by molar-refractivity contribution is -0.128. The molecule has 1 heterocycles. The molecular formula is C23H28N4O2. The first-order valence-electron chi connectivity index (χ1n) is 9.77. The van der Waals surface area contributed by atoms with Crippen molar-refractivity contribution >= 4 is 5.91 Å². The predicted octanol–water partition coefficient (Wildman–Crippen LogP) is 3.51. The molecule has 1 amide bonds. The van der Waals surface area contributed by atoms with Gasteiger partial charge in [0.25, 0.3) is 0 Å². The molecule has 0 saturated carbocycles. The Morgan fingerprint density at radius 2 is 1.83 bits per heavy atom. The van der Waals surface area contributed by atoms with Gasteiger partial charge in [0.15, 0.2) is 0 Å². The van der Waals surface area contributed by atoms with Crippen LogP contribution < -0.4 is 10.1 Å². The maximum atomic E-state index is 11.7. The lowest BCUT2D eigenvalue weighted by Crippen LogP contribution is -2.23. The molecule has 0 spiro atoms. The molecule has 0 saturated heterocycles. The molecule has 3 aromatic rings. The second-order valence-electron chi connectivity index (χ2n) is 7.08. The van der Waals surface area contributed by atoms with E-state index in [1.807, 2.05) is 59.3 Å². The van der Waals surface area contributed by atoms with Crippen molar-refractivity contribution < 1.29 is 9.53 Å². The molecule has 0 radical (unpaired) electrons. The summed E-state index contributed by atoms with van der Waals surface area (Å²) in [4.78, 5) is 13.3. The van der Waals surface area contributed by atoms with E-state index in [0.29, 0.717) is 13.0 Å². The van der Waals surface area contributed by atoms with E-state index in [-0.39, 0.29) is 5.91 Å². The number of aromatic nitrogens is 2. The van der Waals surface area contributed by atoms with Crippen molar-refractivity contribution in [2.45, 2.75) is 19.4 Å². The monoisotopic (exact) mass is 392 g/mol. The number of hydrogen-bond acceptors (Lipinski definition) is 4. The van der Waals surface area contributed by atoms with Crippen LogP contribution in [0.2, 0.25) is 0 Å². The first-order chi connectivity index (χ1) is 14.1. The lowest BCUT2D eigenvalue weighted by Gasteiger charge is -2.10. The van der Waals surface area contributed by atoms with E-state index >= 15 is 0 Å². The van der Waals surface area contributed by atoms with E-state index in [9.17, 15) is 4.79 Å². The van der Waals surface area contributed by atoms with E-state index in [0.717, 1.165) is 41.2 Å². The van der Waals surface area contributed by atoms with Crippen molar-refractivity contribution in [3.63, 3.8) is 0 Å². The van der Waals surface area contributed by atoms with Gasteiger partial charge < -0.3 is 15.0 Å². The smallest absolute Gasteiger partial charge is 0.222 e. The number of ether oxygens (including phenoxy) is 1. The Morgan fingerprint density at radius 1 is 1.10 bits per heavy atom. The van der Waals surface area contributed by atoms with Crippen molar-refractivity contribution in [3.05, 3.63) is 66.4 Å². The minimum atomic E-state index is 0.155. The average Bonchev–Trinajstić information content (AvgIpc) is 3.18. The second-order valence-corrected chi connectivity index (χ2v) is 7.08. The first-order valence-corrected chi connectivity index (χ1v) is 9.77. The predicted molar refractivity (Wildman–Crippen MR) is 115 cm³/mol. The second kappa shape index (κ2) is 9.89. The average molecular weight is 393 g/mol. The number of rotatable bonds is 9. The zero-order chi connectivity index (χ0) is 20.6. The van der Waals surface area contributed by atoms with Crippen molar-refractivity contribution in [1.29, 1.82) is 0 Å². The molecule has 0 atom stereocenters. The van der Waals surface area contributed by atoms with E-state index in [2.05, 4.69) is 11.5 Å². The van der Waals surface area contributed by atoms with Crippen LogP contribution >= 0.6 is 0 Å². The third-order valence-corrected chi connectivity index (χ3v) is 4.73. The number of nitrogens with zero attached hydrogens (tertiary/aromatic N) is 3. The SMILES string of the molecule is COc1ccc(-c2nn(-c3ccccc3)cc2CNCCCC(=O)N(C)C)cc1. The number of methoxy groups -OCH3 is 1. The third kappa shape index (κ3) is 5.45. The van der Waals surface area contributed by atoms with Gasteiger partial charge in [0.05, 0.1) is 18.5 Å². The molecule has 0 aliphatic heterocycles. The maximum absolute atomic E-state index is 11.7. The number of benzene rings is 2. The summed E-state index contributed by atoms with van der Waals surface area (Å²) in [6, 6.07) is 18.0. The summed E-state index contributed by atoms with van der Waals surface area (Å²) in [7, 11) is 5.24. The summed E-state index contributed by atoms with van der Waals surface area (Å²) in [5.74, 6) is 0.976. The molecule has 1 N–H and O–H groups in total. The summed E-state index contributed by atoms with van der Waals surface area (Å²) in [6.07, 6.45) is 3.42. The van der Waals surface area contributed by atoms with Gasteiger partial charge in [0.1, 0.15) is 5.75 Å². The van der Waals surface area contributed by atoms with Gasteiger partial charge >= 0.3 is 0 Å². The fourth-order valence-electron chi connectivity index (χ4n) is 3.06. The maximum Gasteiger partial charge on any atom is 0.222 e. The van der Waals surface area contributed by atoms with Gasteiger partial charge in [-0.3, -0.25) is 4.79 Å². The summed E-state index contributed by atoms with van der Waals surface area (Å²) >= 11 is 0. The van der Waals surface area contributed by atoms with E-state index < -0.39 is 0 Å². The molecule has 0 aliphatic rings. The topological polar surface area (TPSA) is 59.4 Å². The Kier molecular flexibility index (Phi) is 7.03. The normalized spacial score (nSPS) is 10.7. The minimum absolute atomic E-state index is 0.155. The molecule has 152 valence electrons. The highest BCUT2D eigenvalue weighted by atomic mass is 16.5. The number of amides is 1. The lowest BCUT2D eigenvalue weighted by atomic mass is 10.1. The highest BCUT2D eigenvalue weighted by Gasteiger charge is 2.12. The third-order valence-electron chi connectivity index (χ3n) is 4.73. The van der Waals surface area contributed by atoms with Crippen molar-refractivity contribution in [2.75, 3.05) is 27.7 Å². The van der Waals surface area contributed by atoms with Gasteiger partial charge in [-0.2, -0.15) is 5.10 Å². The van der Waals surface area contributed by atoms with E-state index in [1.165, 1.54) is 0 Å². The molecular weight excluding hydrogens is 364 g/mol. The molecule has 1 aromatic heterocycles. The van der Waals surface area contributed by atoms with Crippen LogP contribution in [0.5, 0.6) is 5.75 Å². The van der Waals surface area contributed by atoms with Crippen LogP contribution in [0.3, 0.4) is 0 Å². The number of hydrogen-bond donors (Lipinski definition) is 1. The van der Waals surface area contributed by atoms with Crippen LogP contribution in [0.25, 0.3) is 16.9 Å². The zero-order valence-corrected chi connectivity index (χ0v) is 17.3. The molecule has 0 unspecified atom stereocenters. The number of nitrogens with one attached hydrogen (secondary N) is 1. The Balaban J connectivity index is 1.75. The van der Waals surface area contributed by atoms with E-state index in [1.54, 1.807) is 26.1 Å². The first kappa shape index (κ1) is 20.6. The molecule has 0 fully saturated rings. The molecule has 6 heteroatoms. The van der Waals surface area contributed by atoms with Crippen LogP contribution in [-0.4, -0.2) is 48.3 Å². The highest BCUT2D eigenvalue weighted by Crippen LogP contribution is 2.25. The Morgan fingerprint density at radius 3 is 2.48 bits per heavy atom. The van der Waals surface area contributed by atoms with Crippen molar-refractivity contribution in [2.24, 2.45) is 0 Å². The number of para-hydroxylation sites is 1. The fourth-order valence-corrected chi connectivity index (χ4v) is 3.06. The molecule has 2 aromatic carbocycles. The Bertz CT molecular complexity index is 918. The van der Waals surface area contributed by atoms with Gasteiger partial charge in [-0.15, -0.1) is 0 Å². The quantitative estimate of drug-likeness (QED) is 0.566. The van der Waals surface area contributed by atoms with Crippen molar-refractivity contribution in [3.8, 4) is 22.7 Å². The molecule has 6 nitrogen and oxygen atoms in total. The number of carbonyl (C=O) groups is 1. The van der Waals surface area contributed by atoms with Crippen LogP contribution in [-0.2, 0) is 11.3 Å². The molecule has 3 rings (SSSR count). The van der Waals surface area contributed by atoms with Crippen LogP contribution in [0, 0.1) is 0 Å². The van der Waals surface area contributed by atoms with Crippen LogP contribution in [0.1, 0.15) is 18.4 Å². The van der Waals surface area contributed by atoms with E-state index in [4.69, 9.17) is 9.84 Å². The summed E-state index contributed by atoms with van der Waals surface area (Å²) in [6.45, 7) is 1.46. The van der Waals surface area contributed by atoms with Crippen LogP contribution in [0.15, 0.2) is 60.8 Å². The highest BCUT2D eigenvalue weighted by molar-refractivity contribution is 5.75. The van der Waals surface area contributed by atoms with Crippen molar-refractivity contribution in [1.82, 2.24) is 20.0 Å². The standard InChI is InChI=1S/C23H28N4O2/c1-26(2)22(28)10-7-15-24-16-19-17-27(20-8-5-4-6-9-20)25-23(19)18-11-13-21(29-3)14-12-18/h4-6,8-9,11-14,17,24H,7,10,15-16H2,1-3H3. The Hall–Kier alpha value is -3.12. The molecule has 0 aliphatic carbocycles. The molecule has 29 heavy (non-hydrogen) atoms. The summed E-state index contributed by atoms with van der Waals surface area (Å²) in [5.41, 5.74) is 4.11. The summed E-state index contributed by atoms with van der Waals surface area (Å²) < 4.78 is 7.18.